The minimum absolute atomic E-state index is 0. The molecule has 2 heterocycles. The maximum absolute atomic E-state index is 6.17. The average Bonchev–Trinajstić information content (AvgIpc) is 2.92. The highest BCUT2D eigenvalue weighted by atomic mass is 35.5. The summed E-state index contributed by atoms with van der Waals surface area (Å²) in [6.45, 7) is 6.97. The average molecular weight is 357 g/mol. The lowest BCUT2D eigenvalue weighted by Crippen LogP contribution is -2.52. The second kappa shape index (κ2) is 7.18. The number of nitrogens with zero attached hydrogens (tertiary/aromatic N) is 3. The summed E-state index contributed by atoms with van der Waals surface area (Å²) in [7, 11) is 0. The van der Waals surface area contributed by atoms with E-state index in [2.05, 4.69) is 28.9 Å². The van der Waals surface area contributed by atoms with Crippen molar-refractivity contribution in [2.45, 2.75) is 32.9 Å². The molecule has 5 nitrogen and oxygen atoms in total. The summed E-state index contributed by atoms with van der Waals surface area (Å²) in [6.07, 6.45) is 0.991. The van der Waals surface area contributed by atoms with E-state index < -0.39 is 0 Å². The number of nitrogens with two attached hydrogens (primary N) is 1. The molecule has 0 amide bonds. The summed E-state index contributed by atoms with van der Waals surface area (Å²) in [4.78, 5) is 6.80. The fraction of sp³-hybridized carbons (Fsp3) is 0.500. The molecule has 0 aliphatic carbocycles. The first-order chi connectivity index (χ1) is 10.4. The molecule has 0 saturated carbocycles. The van der Waals surface area contributed by atoms with E-state index in [4.69, 9.17) is 21.9 Å². The van der Waals surface area contributed by atoms with Crippen molar-refractivity contribution < 1.29 is 4.52 Å². The van der Waals surface area contributed by atoms with Gasteiger partial charge in [0.2, 0.25) is 11.7 Å². The Bertz CT molecular complexity index is 642. The van der Waals surface area contributed by atoms with Crippen molar-refractivity contribution in [1.29, 1.82) is 0 Å². The van der Waals surface area contributed by atoms with Gasteiger partial charge in [-0.25, -0.2) is 0 Å². The van der Waals surface area contributed by atoms with Gasteiger partial charge < -0.3 is 10.3 Å². The third-order valence-electron chi connectivity index (χ3n) is 4.32. The second-order valence-corrected chi connectivity index (χ2v) is 7.05. The molecule has 2 N–H and O–H groups in total. The van der Waals surface area contributed by atoms with Crippen LogP contribution in [-0.2, 0) is 6.54 Å². The van der Waals surface area contributed by atoms with Crippen LogP contribution in [0.2, 0.25) is 5.02 Å². The summed E-state index contributed by atoms with van der Waals surface area (Å²) in [5.41, 5.74) is 7.18. The van der Waals surface area contributed by atoms with Crippen molar-refractivity contribution in [2.24, 2.45) is 11.1 Å². The van der Waals surface area contributed by atoms with E-state index in [-0.39, 0.29) is 23.9 Å². The van der Waals surface area contributed by atoms with Gasteiger partial charge in [0.25, 0.3) is 0 Å². The quantitative estimate of drug-likeness (QED) is 0.912. The molecule has 1 saturated heterocycles. The molecule has 0 bridgehead atoms. The first-order valence-corrected chi connectivity index (χ1v) is 7.88. The highest BCUT2D eigenvalue weighted by Crippen LogP contribution is 2.28. The van der Waals surface area contributed by atoms with Gasteiger partial charge in [0, 0.05) is 29.7 Å². The minimum atomic E-state index is 0. The van der Waals surface area contributed by atoms with Gasteiger partial charge in [-0.2, -0.15) is 4.98 Å². The first-order valence-electron chi connectivity index (χ1n) is 7.50. The van der Waals surface area contributed by atoms with Crippen LogP contribution in [0, 0.1) is 5.41 Å². The zero-order valence-corrected chi connectivity index (χ0v) is 14.9. The van der Waals surface area contributed by atoms with Gasteiger partial charge >= 0.3 is 0 Å². The predicted molar refractivity (Wildman–Crippen MR) is 93.6 cm³/mol. The largest absolute Gasteiger partial charge is 0.338 e. The third kappa shape index (κ3) is 4.23. The summed E-state index contributed by atoms with van der Waals surface area (Å²) in [5.74, 6) is 1.23. The second-order valence-electron chi connectivity index (χ2n) is 6.61. The maximum Gasteiger partial charge on any atom is 0.241 e. The Morgan fingerprint density at radius 2 is 2.04 bits per heavy atom. The Morgan fingerprint density at radius 3 is 2.70 bits per heavy atom. The molecule has 126 valence electrons. The van der Waals surface area contributed by atoms with Crippen molar-refractivity contribution in [2.75, 3.05) is 13.1 Å². The molecule has 0 radical (unpaired) electrons. The third-order valence-corrected chi connectivity index (χ3v) is 4.57. The highest BCUT2D eigenvalue weighted by molar-refractivity contribution is 6.30. The molecule has 7 heteroatoms. The van der Waals surface area contributed by atoms with Gasteiger partial charge in [-0.15, -0.1) is 12.4 Å². The van der Waals surface area contributed by atoms with Gasteiger partial charge in [0.15, 0.2) is 0 Å². The minimum Gasteiger partial charge on any atom is -0.338 e. The molecule has 23 heavy (non-hydrogen) atoms. The molecular weight excluding hydrogens is 335 g/mol. The Morgan fingerprint density at radius 1 is 1.35 bits per heavy atom. The normalized spacial score (nSPS) is 21.0. The molecule has 1 unspecified atom stereocenters. The van der Waals surface area contributed by atoms with Crippen LogP contribution >= 0.6 is 24.0 Å². The lowest BCUT2D eigenvalue weighted by atomic mass is 9.80. The maximum atomic E-state index is 6.17. The summed E-state index contributed by atoms with van der Waals surface area (Å²) >= 11 is 5.89. The summed E-state index contributed by atoms with van der Waals surface area (Å²) < 4.78 is 5.38. The molecule has 1 aliphatic rings. The molecule has 0 spiro atoms. The summed E-state index contributed by atoms with van der Waals surface area (Å²) in [6, 6.07) is 7.67. The van der Waals surface area contributed by atoms with Gasteiger partial charge in [-0.1, -0.05) is 30.6 Å². The van der Waals surface area contributed by atoms with E-state index in [0.717, 1.165) is 25.1 Å². The molecule has 1 fully saturated rings. The predicted octanol–water partition coefficient (Wildman–Crippen LogP) is 3.37. The Hall–Kier alpha value is -1.14. The molecule has 3 rings (SSSR count). The van der Waals surface area contributed by atoms with Gasteiger partial charge in [-0.3, -0.25) is 4.90 Å². The lowest BCUT2D eigenvalue weighted by molar-refractivity contribution is 0.0811. The fourth-order valence-electron chi connectivity index (χ4n) is 2.85. The standard InChI is InChI=1S/C16H21ClN4O.ClH/c1-16(2)10-21(8-7-13(16)18)9-14-19-15(20-22-14)11-3-5-12(17)6-4-11;/h3-6,13H,7-10,18H2,1-2H3;1H. The van der Waals surface area contributed by atoms with Crippen LogP contribution in [0.1, 0.15) is 26.2 Å². The van der Waals surface area contributed by atoms with Crippen LogP contribution in [0.5, 0.6) is 0 Å². The van der Waals surface area contributed by atoms with Crippen LogP contribution in [0.15, 0.2) is 28.8 Å². The number of rotatable bonds is 3. The van der Waals surface area contributed by atoms with Gasteiger partial charge in [0.05, 0.1) is 6.54 Å². The zero-order valence-electron chi connectivity index (χ0n) is 13.3. The fourth-order valence-corrected chi connectivity index (χ4v) is 2.97. The zero-order chi connectivity index (χ0) is 15.7. The van der Waals surface area contributed by atoms with E-state index >= 15 is 0 Å². The summed E-state index contributed by atoms with van der Waals surface area (Å²) in [5, 5.41) is 4.75. The number of aromatic nitrogens is 2. The van der Waals surface area contributed by atoms with Crippen LogP contribution in [0.4, 0.5) is 0 Å². The topological polar surface area (TPSA) is 68.2 Å². The van der Waals surface area contributed by atoms with E-state index in [1.807, 2.05) is 24.3 Å². The Balaban J connectivity index is 0.00000192. The molecule has 1 atom stereocenters. The van der Waals surface area contributed by atoms with Crippen LogP contribution in [0.3, 0.4) is 0 Å². The number of benzene rings is 1. The van der Waals surface area contributed by atoms with Gasteiger partial charge in [-0.05, 0) is 36.1 Å². The van der Waals surface area contributed by atoms with Crippen molar-refractivity contribution in [3.8, 4) is 11.4 Å². The number of piperidine rings is 1. The molecule has 2 aromatic rings. The van der Waals surface area contributed by atoms with Crippen molar-refractivity contribution in [3.05, 3.63) is 35.2 Å². The van der Waals surface area contributed by atoms with E-state index in [0.29, 0.717) is 23.3 Å². The molecule has 1 aromatic heterocycles. The Labute approximate surface area is 147 Å². The van der Waals surface area contributed by atoms with Crippen LogP contribution < -0.4 is 5.73 Å². The van der Waals surface area contributed by atoms with Gasteiger partial charge in [0.1, 0.15) is 0 Å². The van der Waals surface area contributed by atoms with E-state index in [9.17, 15) is 0 Å². The first kappa shape index (κ1) is 18.2. The van der Waals surface area contributed by atoms with E-state index in [1.54, 1.807) is 0 Å². The lowest BCUT2D eigenvalue weighted by Gasteiger charge is -2.42. The molecule has 1 aromatic carbocycles. The Kier molecular flexibility index (Phi) is 5.68. The van der Waals surface area contributed by atoms with Crippen LogP contribution in [0.25, 0.3) is 11.4 Å². The molecule has 1 aliphatic heterocycles. The molecular formula is C16H22Cl2N4O. The number of halogens is 2. The number of hydrogen-bond acceptors (Lipinski definition) is 5. The SMILES string of the molecule is CC1(C)CN(Cc2nc(-c3ccc(Cl)cc3)no2)CCC1N.Cl. The van der Waals surface area contributed by atoms with E-state index in [1.165, 1.54) is 0 Å². The van der Waals surface area contributed by atoms with Crippen molar-refractivity contribution in [1.82, 2.24) is 15.0 Å². The van der Waals surface area contributed by atoms with Crippen molar-refractivity contribution >= 4 is 24.0 Å². The monoisotopic (exact) mass is 356 g/mol. The van der Waals surface area contributed by atoms with Crippen molar-refractivity contribution in [3.63, 3.8) is 0 Å². The number of likely N-dealkylation sites (tertiary alicyclic amines) is 1. The highest BCUT2D eigenvalue weighted by Gasteiger charge is 2.33. The van der Waals surface area contributed by atoms with Crippen LogP contribution in [-0.4, -0.2) is 34.2 Å². The smallest absolute Gasteiger partial charge is 0.241 e. The number of hydrogen-bond donors (Lipinski definition) is 1.